The Kier molecular flexibility index (Phi) is 8.17. The van der Waals surface area contributed by atoms with Crippen molar-refractivity contribution in [3.8, 4) is 11.4 Å². The third kappa shape index (κ3) is 6.98. The normalized spacial score (nSPS) is 18.5. The summed E-state index contributed by atoms with van der Waals surface area (Å²) in [6.07, 6.45) is 0.896. The molecule has 0 bridgehead atoms. The molecule has 3 rings (SSSR count). The molecule has 1 aliphatic rings. The van der Waals surface area contributed by atoms with Gasteiger partial charge in [0.25, 0.3) is 5.89 Å². The number of amides is 1. The average molecular weight is 514 g/mol. The first-order valence-corrected chi connectivity index (χ1v) is 13.2. The molecule has 12 heteroatoms. The SMILES string of the molecule is CC[C@@H](CC1COCN1C(=O)OC(C)(C)C)O[C@H](C)c1nc(-c2ccc(S(C)(=O)=O)c(F)c2)no1. The maximum absolute atomic E-state index is 14.3. The summed E-state index contributed by atoms with van der Waals surface area (Å²) in [5.41, 5.74) is -0.330. The van der Waals surface area contributed by atoms with E-state index in [9.17, 15) is 17.6 Å². The minimum Gasteiger partial charge on any atom is -0.444 e. The molecule has 2 aromatic rings. The molecule has 0 saturated carbocycles. The van der Waals surface area contributed by atoms with Gasteiger partial charge in [0.05, 0.1) is 18.8 Å². The van der Waals surface area contributed by atoms with Gasteiger partial charge in [-0.25, -0.2) is 17.6 Å². The van der Waals surface area contributed by atoms with Crippen molar-refractivity contribution in [3.63, 3.8) is 0 Å². The van der Waals surface area contributed by atoms with Crippen LogP contribution in [0.15, 0.2) is 27.6 Å². The molecule has 1 amide bonds. The van der Waals surface area contributed by atoms with Crippen molar-refractivity contribution >= 4 is 15.9 Å². The summed E-state index contributed by atoms with van der Waals surface area (Å²) in [5, 5.41) is 3.87. The second-order valence-electron chi connectivity index (χ2n) is 9.52. The van der Waals surface area contributed by atoms with Crippen LogP contribution in [0.5, 0.6) is 0 Å². The molecule has 0 spiro atoms. The Bertz CT molecular complexity index is 1150. The predicted molar refractivity (Wildman–Crippen MR) is 124 cm³/mol. The first kappa shape index (κ1) is 27.0. The number of aromatic nitrogens is 2. The first-order valence-electron chi connectivity index (χ1n) is 11.3. The largest absolute Gasteiger partial charge is 0.444 e. The Labute approximate surface area is 204 Å². The topological polar surface area (TPSA) is 121 Å². The molecule has 2 heterocycles. The van der Waals surface area contributed by atoms with Gasteiger partial charge in [-0.05, 0) is 58.7 Å². The number of benzene rings is 1. The van der Waals surface area contributed by atoms with Crippen LogP contribution in [0.2, 0.25) is 0 Å². The average Bonchev–Trinajstić information content (AvgIpc) is 3.41. The Morgan fingerprint density at radius 3 is 2.66 bits per heavy atom. The van der Waals surface area contributed by atoms with E-state index in [1.54, 1.807) is 11.8 Å². The molecule has 0 N–H and O–H groups in total. The third-order valence-electron chi connectivity index (χ3n) is 5.38. The molecule has 10 nitrogen and oxygen atoms in total. The van der Waals surface area contributed by atoms with Crippen LogP contribution in [-0.2, 0) is 24.0 Å². The fourth-order valence-electron chi connectivity index (χ4n) is 3.63. The van der Waals surface area contributed by atoms with Crippen LogP contribution in [0.1, 0.15) is 59.5 Å². The smallest absolute Gasteiger partial charge is 0.412 e. The van der Waals surface area contributed by atoms with Gasteiger partial charge in [0.1, 0.15) is 29.1 Å². The van der Waals surface area contributed by atoms with Gasteiger partial charge in [0.2, 0.25) is 5.82 Å². The van der Waals surface area contributed by atoms with E-state index in [0.29, 0.717) is 19.4 Å². The van der Waals surface area contributed by atoms with Gasteiger partial charge >= 0.3 is 6.09 Å². The molecule has 1 unspecified atom stereocenters. The number of nitrogens with zero attached hydrogens (tertiary/aromatic N) is 3. The lowest BCUT2D eigenvalue weighted by atomic mass is 10.1. The number of sulfone groups is 1. The summed E-state index contributed by atoms with van der Waals surface area (Å²) in [6, 6.07) is 3.44. The highest BCUT2D eigenvalue weighted by atomic mass is 32.2. The van der Waals surface area contributed by atoms with Gasteiger partial charge in [-0.2, -0.15) is 4.98 Å². The lowest BCUT2D eigenvalue weighted by Crippen LogP contribution is -2.42. The molecule has 1 aromatic carbocycles. The molecule has 1 aromatic heterocycles. The number of hydrogen-bond acceptors (Lipinski definition) is 9. The molecular weight excluding hydrogens is 481 g/mol. The monoisotopic (exact) mass is 513 g/mol. The summed E-state index contributed by atoms with van der Waals surface area (Å²) in [5.74, 6) is -0.583. The second kappa shape index (κ2) is 10.6. The minimum absolute atomic E-state index is 0.114. The zero-order valence-corrected chi connectivity index (χ0v) is 21.6. The zero-order chi connectivity index (χ0) is 26.0. The number of rotatable bonds is 8. The van der Waals surface area contributed by atoms with E-state index in [0.717, 1.165) is 12.3 Å². The highest BCUT2D eigenvalue weighted by Gasteiger charge is 2.35. The fraction of sp³-hybridized carbons (Fsp3) is 0.609. The minimum atomic E-state index is -3.69. The van der Waals surface area contributed by atoms with Crippen LogP contribution >= 0.6 is 0 Å². The first-order chi connectivity index (χ1) is 16.3. The van der Waals surface area contributed by atoms with Crippen LogP contribution in [0, 0.1) is 5.82 Å². The van der Waals surface area contributed by atoms with Crippen LogP contribution in [0.4, 0.5) is 9.18 Å². The lowest BCUT2D eigenvalue weighted by Gasteiger charge is -2.29. The van der Waals surface area contributed by atoms with Crippen molar-refractivity contribution in [2.24, 2.45) is 0 Å². The summed E-state index contributed by atoms with van der Waals surface area (Å²) in [4.78, 5) is 18.0. The van der Waals surface area contributed by atoms with E-state index in [2.05, 4.69) is 10.1 Å². The van der Waals surface area contributed by atoms with Gasteiger partial charge in [-0.3, -0.25) is 4.90 Å². The van der Waals surface area contributed by atoms with Crippen molar-refractivity contribution in [1.82, 2.24) is 15.0 Å². The third-order valence-corrected chi connectivity index (χ3v) is 6.51. The van der Waals surface area contributed by atoms with Crippen molar-refractivity contribution in [3.05, 3.63) is 29.9 Å². The van der Waals surface area contributed by atoms with Gasteiger partial charge in [-0.1, -0.05) is 12.1 Å². The van der Waals surface area contributed by atoms with E-state index >= 15 is 0 Å². The van der Waals surface area contributed by atoms with Crippen molar-refractivity contribution in [2.75, 3.05) is 19.6 Å². The Morgan fingerprint density at radius 1 is 1.34 bits per heavy atom. The van der Waals surface area contributed by atoms with Gasteiger partial charge < -0.3 is 18.7 Å². The highest BCUT2D eigenvalue weighted by Crippen LogP contribution is 2.27. The van der Waals surface area contributed by atoms with Crippen molar-refractivity contribution in [2.45, 2.75) is 76.2 Å². The number of carbonyl (C=O) groups excluding carboxylic acids is 1. The quantitative estimate of drug-likeness (QED) is 0.513. The van der Waals surface area contributed by atoms with Crippen LogP contribution < -0.4 is 0 Å². The summed E-state index contributed by atoms with van der Waals surface area (Å²) in [6.45, 7) is 9.69. The molecule has 0 aliphatic carbocycles. The number of carbonyl (C=O) groups is 1. The van der Waals surface area contributed by atoms with E-state index in [-0.39, 0.29) is 36.2 Å². The number of halogens is 1. The van der Waals surface area contributed by atoms with Gasteiger partial charge in [0, 0.05) is 11.8 Å². The molecule has 1 fully saturated rings. The predicted octanol–water partition coefficient (Wildman–Crippen LogP) is 4.12. The van der Waals surface area contributed by atoms with Crippen molar-refractivity contribution < 1.29 is 36.3 Å². The molecular formula is C23H32FN3O7S. The molecule has 0 radical (unpaired) electrons. The van der Waals surface area contributed by atoms with E-state index in [4.69, 9.17) is 18.7 Å². The Balaban J connectivity index is 1.65. The summed E-state index contributed by atoms with van der Waals surface area (Å²) in [7, 11) is -3.69. The molecule has 35 heavy (non-hydrogen) atoms. The van der Waals surface area contributed by atoms with E-state index in [1.807, 2.05) is 27.7 Å². The van der Waals surface area contributed by atoms with Gasteiger partial charge in [0.15, 0.2) is 9.84 Å². The maximum atomic E-state index is 14.3. The second-order valence-corrected chi connectivity index (χ2v) is 11.5. The van der Waals surface area contributed by atoms with Gasteiger partial charge in [-0.15, -0.1) is 0 Å². The standard InChI is InChI=1S/C23H32FN3O7S/c1-7-17(11-16-12-31-13-27(16)22(28)33-23(3,4)5)32-14(2)21-25-20(26-34-21)15-8-9-19(18(24)10-15)35(6,29)30/h8-10,14,16-17H,7,11-13H2,1-6H3/t14-,16?,17+/m1/s1. The lowest BCUT2D eigenvalue weighted by molar-refractivity contribution is -0.0357. The number of ether oxygens (including phenoxy) is 3. The van der Waals surface area contributed by atoms with Crippen LogP contribution in [0.3, 0.4) is 0 Å². The highest BCUT2D eigenvalue weighted by molar-refractivity contribution is 7.90. The van der Waals surface area contributed by atoms with E-state index < -0.39 is 38.3 Å². The number of hydrogen-bond donors (Lipinski definition) is 0. The molecule has 3 atom stereocenters. The molecule has 1 saturated heterocycles. The fourth-order valence-corrected chi connectivity index (χ4v) is 4.36. The Hall–Kier alpha value is -2.57. The summed E-state index contributed by atoms with van der Waals surface area (Å²) >= 11 is 0. The molecule has 1 aliphatic heterocycles. The summed E-state index contributed by atoms with van der Waals surface area (Å²) < 4.78 is 59.9. The van der Waals surface area contributed by atoms with Crippen LogP contribution in [-0.4, -0.2) is 66.9 Å². The zero-order valence-electron chi connectivity index (χ0n) is 20.8. The maximum Gasteiger partial charge on any atom is 0.412 e. The Morgan fingerprint density at radius 2 is 2.06 bits per heavy atom. The van der Waals surface area contributed by atoms with E-state index in [1.165, 1.54) is 12.1 Å². The molecule has 194 valence electrons. The van der Waals surface area contributed by atoms with Crippen LogP contribution in [0.25, 0.3) is 11.4 Å². The van der Waals surface area contributed by atoms with Crippen molar-refractivity contribution in [1.29, 1.82) is 0 Å².